The minimum Gasteiger partial charge on any atom is -0.372 e. The Kier molecular flexibility index (Phi) is 3.90. The Morgan fingerprint density at radius 1 is 1.15 bits per heavy atom. The monoisotopic (exact) mass is 366 g/mol. The van der Waals surface area contributed by atoms with Crippen molar-refractivity contribution in [3.05, 3.63) is 35.0 Å². The molecule has 1 aliphatic carbocycles. The van der Waals surface area contributed by atoms with Crippen molar-refractivity contribution in [3.8, 4) is 11.4 Å². The second-order valence-corrected chi connectivity index (χ2v) is 8.40. The average Bonchev–Trinajstić information content (AvgIpc) is 3.21. The van der Waals surface area contributed by atoms with E-state index in [1.165, 1.54) is 28.7 Å². The normalized spacial score (nSPS) is 22.8. The summed E-state index contributed by atoms with van der Waals surface area (Å²) in [6, 6.07) is 3.97. The van der Waals surface area contributed by atoms with Crippen LogP contribution in [0.5, 0.6) is 0 Å². The summed E-state index contributed by atoms with van der Waals surface area (Å²) >= 11 is 1.85. The molecule has 0 aromatic carbocycles. The highest BCUT2D eigenvalue weighted by Gasteiger charge is 2.29. The number of nitrogens with zero attached hydrogens (tertiary/aromatic N) is 4. The van der Waals surface area contributed by atoms with E-state index >= 15 is 0 Å². The lowest BCUT2D eigenvalue weighted by Gasteiger charge is -2.36. The predicted octanol–water partition coefficient (Wildman–Crippen LogP) is 3.86. The van der Waals surface area contributed by atoms with Crippen molar-refractivity contribution >= 4 is 27.4 Å². The fourth-order valence-corrected chi connectivity index (χ4v) is 5.44. The van der Waals surface area contributed by atoms with E-state index in [4.69, 9.17) is 14.7 Å². The molecule has 0 N–H and O–H groups in total. The van der Waals surface area contributed by atoms with E-state index in [0.29, 0.717) is 0 Å². The third-order valence-corrected chi connectivity index (χ3v) is 6.37. The summed E-state index contributed by atoms with van der Waals surface area (Å²) in [5.74, 6) is 1.85. The number of aryl methyl sites for hydroxylation is 2. The molecule has 6 heteroatoms. The van der Waals surface area contributed by atoms with Crippen molar-refractivity contribution in [1.82, 2.24) is 15.0 Å². The largest absolute Gasteiger partial charge is 0.372 e. The van der Waals surface area contributed by atoms with Gasteiger partial charge in [-0.3, -0.25) is 4.98 Å². The van der Waals surface area contributed by atoms with Crippen LogP contribution in [-0.4, -0.2) is 40.2 Å². The van der Waals surface area contributed by atoms with Crippen LogP contribution in [0.3, 0.4) is 0 Å². The summed E-state index contributed by atoms with van der Waals surface area (Å²) in [6.07, 6.45) is 7.61. The van der Waals surface area contributed by atoms with E-state index in [2.05, 4.69) is 23.7 Å². The lowest BCUT2D eigenvalue weighted by molar-refractivity contribution is -0.00536. The summed E-state index contributed by atoms with van der Waals surface area (Å²) in [6.45, 7) is 6.02. The molecule has 0 saturated carbocycles. The molecule has 1 saturated heterocycles. The molecule has 5 rings (SSSR count). The maximum absolute atomic E-state index is 5.95. The Morgan fingerprint density at radius 2 is 2.00 bits per heavy atom. The van der Waals surface area contributed by atoms with Crippen LogP contribution in [-0.2, 0) is 17.6 Å². The van der Waals surface area contributed by atoms with Crippen LogP contribution < -0.4 is 4.90 Å². The predicted molar refractivity (Wildman–Crippen MR) is 105 cm³/mol. The lowest BCUT2D eigenvalue weighted by Crippen LogP contribution is -2.46. The molecule has 3 aromatic rings. The highest BCUT2D eigenvalue weighted by Crippen LogP contribution is 2.42. The first-order valence-corrected chi connectivity index (χ1v) is 10.1. The summed E-state index contributed by atoms with van der Waals surface area (Å²) in [5.41, 5.74) is 2.45. The van der Waals surface area contributed by atoms with Gasteiger partial charge in [-0.05, 0) is 50.8 Å². The van der Waals surface area contributed by atoms with Crippen molar-refractivity contribution < 1.29 is 4.74 Å². The van der Waals surface area contributed by atoms with Crippen LogP contribution >= 0.6 is 11.3 Å². The molecule has 5 nitrogen and oxygen atoms in total. The Hall–Kier alpha value is -2.05. The van der Waals surface area contributed by atoms with Crippen LogP contribution in [0.2, 0.25) is 0 Å². The first-order chi connectivity index (χ1) is 12.7. The van der Waals surface area contributed by atoms with Crippen molar-refractivity contribution in [2.24, 2.45) is 0 Å². The molecule has 0 unspecified atom stereocenters. The Balaban J connectivity index is 1.71. The molecule has 2 aliphatic rings. The zero-order chi connectivity index (χ0) is 17.7. The molecule has 3 aromatic heterocycles. The van der Waals surface area contributed by atoms with Crippen LogP contribution in [0, 0.1) is 0 Å². The first kappa shape index (κ1) is 16.1. The van der Waals surface area contributed by atoms with Gasteiger partial charge < -0.3 is 9.64 Å². The Bertz CT molecular complexity index is 945. The van der Waals surface area contributed by atoms with Gasteiger partial charge in [-0.2, -0.15) is 0 Å². The molecule has 134 valence electrons. The molecule has 0 amide bonds. The number of hydrogen-bond donors (Lipinski definition) is 0. The maximum Gasteiger partial charge on any atom is 0.164 e. The number of hydrogen-bond acceptors (Lipinski definition) is 6. The minimum absolute atomic E-state index is 0.206. The van der Waals surface area contributed by atoms with Gasteiger partial charge in [0.25, 0.3) is 0 Å². The summed E-state index contributed by atoms with van der Waals surface area (Å²) in [4.78, 5) is 19.2. The van der Waals surface area contributed by atoms with E-state index in [1.807, 2.05) is 29.7 Å². The number of aromatic nitrogens is 3. The highest BCUT2D eigenvalue weighted by molar-refractivity contribution is 7.19. The Morgan fingerprint density at radius 3 is 2.77 bits per heavy atom. The van der Waals surface area contributed by atoms with E-state index in [-0.39, 0.29) is 12.2 Å². The lowest BCUT2D eigenvalue weighted by atomic mass is 10.1. The number of ether oxygens (including phenoxy) is 1. The van der Waals surface area contributed by atoms with Gasteiger partial charge in [-0.15, -0.1) is 11.3 Å². The molecule has 2 atom stereocenters. The van der Waals surface area contributed by atoms with E-state index in [0.717, 1.165) is 41.5 Å². The molecule has 0 bridgehead atoms. The van der Waals surface area contributed by atoms with Crippen LogP contribution in [0.25, 0.3) is 21.6 Å². The van der Waals surface area contributed by atoms with Gasteiger partial charge in [0, 0.05) is 35.9 Å². The topological polar surface area (TPSA) is 51.1 Å². The average molecular weight is 366 g/mol. The van der Waals surface area contributed by atoms with Crippen molar-refractivity contribution in [3.63, 3.8) is 0 Å². The number of rotatable bonds is 2. The second-order valence-electron chi connectivity index (χ2n) is 7.31. The first-order valence-electron chi connectivity index (χ1n) is 9.32. The molecule has 26 heavy (non-hydrogen) atoms. The van der Waals surface area contributed by atoms with Gasteiger partial charge in [0.15, 0.2) is 5.82 Å². The number of morpholine rings is 1. The maximum atomic E-state index is 5.95. The van der Waals surface area contributed by atoms with Crippen molar-refractivity contribution in [2.75, 3.05) is 18.0 Å². The number of pyridine rings is 1. The van der Waals surface area contributed by atoms with Crippen molar-refractivity contribution in [1.29, 1.82) is 0 Å². The Labute approximate surface area is 157 Å². The van der Waals surface area contributed by atoms with Gasteiger partial charge >= 0.3 is 0 Å². The standard InChI is InChI=1S/C20H22N4OS/c1-12-10-24(11-13(2)25-12)19-17-15-6-3-7-16(15)26-20(17)23-18(22-19)14-5-4-8-21-9-14/h4-5,8-9,12-13H,3,6-7,10-11H2,1-2H3/t12-,13-/m1/s1. The smallest absolute Gasteiger partial charge is 0.164 e. The van der Waals surface area contributed by atoms with Crippen molar-refractivity contribution in [2.45, 2.75) is 45.3 Å². The zero-order valence-corrected chi connectivity index (χ0v) is 15.9. The SMILES string of the molecule is C[C@@H]1CN(c2nc(-c3cccnc3)nc3sc4c(c23)CCC4)C[C@@H](C)O1. The zero-order valence-electron chi connectivity index (χ0n) is 15.1. The highest BCUT2D eigenvalue weighted by atomic mass is 32.1. The molecule has 0 radical (unpaired) electrons. The van der Waals surface area contributed by atoms with E-state index in [1.54, 1.807) is 6.20 Å². The third-order valence-electron chi connectivity index (χ3n) is 5.18. The van der Waals surface area contributed by atoms with Crippen LogP contribution in [0.4, 0.5) is 5.82 Å². The molecule has 1 aliphatic heterocycles. The summed E-state index contributed by atoms with van der Waals surface area (Å²) < 4.78 is 5.95. The molecular formula is C20H22N4OS. The molecule has 1 fully saturated rings. The van der Waals surface area contributed by atoms with Gasteiger partial charge in [0.2, 0.25) is 0 Å². The second kappa shape index (κ2) is 6.28. The fourth-order valence-electron chi connectivity index (χ4n) is 4.18. The van der Waals surface area contributed by atoms with Gasteiger partial charge in [-0.25, -0.2) is 9.97 Å². The van der Waals surface area contributed by atoms with Gasteiger partial charge in [0.1, 0.15) is 10.6 Å². The summed E-state index contributed by atoms with van der Waals surface area (Å²) in [7, 11) is 0. The van der Waals surface area contributed by atoms with Gasteiger partial charge in [0.05, 0.1) is 17.6 Å². The van der Waals surface area contributed by atoms with E-state index in [9.17, 15) is 0 Å². The molecular weight excluding hydrogens is 344 g/mol. The molecule has 4 heterocycles. The minimum atomic E-state index is 0.206. The number of fused-ring (bicyclic) bond motifs is 3. The number of anilines is 1. The van der Waals surface area contributed by atoms with Crippen LogP contribution in [0.15, 0.2) is 24.5 Å². The molecule has 0 spiro atoms. The van der Waals surface area contributed by atoms with Crippen LogP contribution in [0.1, 0.15) is 30.7 Å². The van der Waals surface area contributed by atoms with Gasteiger partial charge in [-0.1, -0.05) is 0 Å². The summed E-state index contributed by atoms with van der Waals surface area (Å²) in [5, 5.41) is 1.27. The third kappa shape index (κ3) is 2.68. The van der Waals surface area contributed by atoms with E-state index < -0.39 is 0 Å². The number of thiophene rings is 1. The fraction of sp³-hybridized carbons (Fsp3) is 0.450. The quantitative estimate of drug-likeness (QED) is 0.689.